The largest absolute Gasteiger partial charge is 0.337 e. The highest BCUT2D eigenvalue weighted by molar-refractivity contribution is 6.04. The molecule has 0 radical (unpaired) electrons. The van der Waals surface area contributed by atoms with Crippen LogP contribution in [0.25, 0.3) is 22.1 Å². The summed E-state index contributed by atoms with van der Waals surface area (Å²) < 4.78 is 0. The SMILES string of the molecule is Cc1cccc2c1[nH]c1nc(NN=C(CC(C)(C)C)c3ccccn3)nnc12. The van der Waals surface area contributed by atoms with Crippen LogP contribution in [0.4, 0.5) is 5.95 Å². The summed E-state index contributed by atoms with van der Waals surface area (Å²) >= 11 is 0. The molecule has 0 unspecified atom stereocenters. The van der Waals surface area contributed by atoms with Gasteiger partial charge < -0.3 is 4.98 Å². The fourth-order valence-corrected chi connectivity index (χ4v) is 3.13. The fraction of sp³-hybridized carbons (Fsp3) is 0.286. The van der Waals surface area contributed by atoms with Crippen molar-refractivity contribution in [2.75, 3.05) is 5.43 Å². The number of fused-ring (bicyclic) bond motifs is 3. The minimum absolute atomic E-state index is 0.0653. The molecule has 142 valence electrons. The third-order valence-corrected chi connectivity index (χ3v) is 4.41. The fourth-order valence-electron chi connectivity index (χ4n) is 3.13. The van der Waals surface area contributed by atoms with E-state index in [1.165, 1.54) is 0 Å². The summed E-state index contributed by atoms with van der Waals surface area (Å²) in [5, 5.41) is 14.1. The van der Waals surface area contributed by atoms with E-state index in [0.717, 1.165) is 39.8 Å². The van der Waals surface area contributed by atoms with Crippen molar-refractivity contribution in [3.8, 4) is 0 Å². The lowest BCUT2D eigenvalue weighted by molar-refractivity contribution is 0.433. The molecule has 7 heteroatoms. The van der Waals surface area contributed by atoms with E-state index in [0.29, 0.717) is 11.6 Å². The number of hydrazone groups is 1. The lowest BCUT2D eigenvalue weighted by Gasteiger charge is -2.19. The van der Waals surface area contributed by atoms with Crippen LogP contribution in [0.15, 0.2) is 47.7 Å². The monoisotopic (exact) mass is 373 g/mol. The Morgan fingerprint density at radius 2 is 1.96 bits per heavy atom. The van der Waals surface area contributed by atoms with Gasteiger partial charge in [0.05, 0.1) is 16.9 Å². The van der Waals surface area contributed by atoms with Gasteiger partial charge in [0.15, 0.2) is 5.65 Å². The normalized spacial score (nSPS) is 12.6. The minimum Gasteiger partial charge on any atom is -0.337 e. The molecular formula is C21H23N7. The first-order valence-electron chi connectivity index (χ1n) is 9.26. The first-order chi connectivity index (χ1) is 13.4. The van der Waals surface area contributed by atoms with Crippen LogP contribution >= 0.6 is 0 Å². The van der Waals surface area contributed by atoms with Gasteiger partial charge >= 0.3 is 0 Å². The smallest absolute Gasteiger partial charge is 0.265 e. The molecule has 0 saturated heterocycles. The van der Waals surface area contributed by atoms with E-state index in [-0.39, 0.29) is 5.41 Å². The second kappa shape index (κ2) is 6.99. The molecular weight excluding hydrogens is 350 g/mol. The summed E-state index contributed by atoms with van der Waals surface area (Å²) in [5.41, 5.74) is 8.33. The number of rotatable bonds is 4. The number of aryl methyl sites for hydroxylation is 1. The molecule has 28 heavy (non-hydrogen) atoms. The molecule has 0 spiro atoms. The molecule has 0 saturated carbocycles. The van der Waals surface area contributed by atoms with Crippen LogP contribution in [0.1, 0.15) is 38.4 Å². The molecule has 3 heterocycles. The van der Waals surface area contributed by atoms with Crippen LogP contribution in [0.5, 0.6) is 0 Å². The van der Waals surface area contributed by atoms with Crippen molar-refractivity contribution in [1.29, 1.82) is 0 Å². The van der Waals surface area contributed by atoms with E-state index in [9.17, 15) is 0 Å². The Hall–Kier alpha value is -3.35. The minimum atomic E-state index is 0.0653. The van der Waals surface area contributed by atoms with Crippen molar-refractivity contribution in [2.45, 2.75) is 34.1 Å². The Morgan fingerprint density at radius 1 is 1.11 bits per heavy atom. The van der Waals surface area contributed by atoms with Crippen LogP contribution in [0.3, 0.4) is 0 Å². The van der Waals surface area contributed by atoms with Gasteiger partial charge in [-0.25, -0.2) is 5.43 Å². The molecule has 0 fully saturated rings. The molecule has 4 rings (SSSR count). The molecule has 0 atom stereocenters. The van der Waals surface area contributed by atoms with Gasteiger partial charge in [-0.3, -0.25) is 4.98 Å². The maximum absolute atomic E-state index is 4.55. The average Bonchev–Trinajstić information content (AvgIpc) is 3.04. The van der Waals surface area contributed by atoms with Gasteiger partial charge in [-0.2, -0.15) is 10.1 Å². The van der Waals surface area contributed by atoms with E-state index in [4.69, 9.17) is 0 Å². The van der Waals surface area contributed by atoms with Crippen molar-refractivity contribution in [1.82, 2.24) is 25.1 Å². The Balaban J connectivity index is 1.69. The van der Waals surface area contributed by atoms with E-state index in [1.54, 1.807) is 6.20 Å². The van der Waals surface area contributed by atoms with Crippen LogP contribution in [-0.2, 0) is 0 Å². The van der Waals surface area contributed by atoms with Gasteiger partial charge in [0, 0.05) is 11.6 Å². The number of hydrogen-bond donors (Lipinski definition) is 2. The first kappa shape index (κ1) is 18.0. The number of pyridine rings is 1. The average molecular weight is 373 g/mol. The summed E-state index contributed by atoms with van der Waals surface area (Å²) in [5.74, 6) is 0.346. The number of hydrogen-bond acceptors (Lipinski definition) is 6. The Morgan fingerprint density at radius 3 is 2.71 bits per heavy atom. The van der Waals surface area contributed by atoms with Gasteiger partial charge in [0.2, 0.25) is 0 Å². The summed E-state index contributed by atoms with van der Waals surface area (Å²) in [6.07, 6.45) is 2.53. The van der Waals surface area contributed by atoms with Crippen LogP contribution < -0.4 is 5.43 Å². The lowest BCUT2D eigenvalue weighted by atomic mass is 9.88. The van der Waals surface area contributed by atoms with E-state index < -0.39 is 0 Å². The van der Waals surface area contributed by atoms with Crippen LogP contribution in [-0.4, -0.2) is 30.9 Å². The molecule has 0 aliphatic rings. The Kier molecular flexibility index (Phi) is 4.50. The Labute approximate surface area is 163 Å². The molecule has 0 amide bonds. The number of aromatic nitrogens is 5. The van der Waals surface area contributed by atoms with Gasteiger partial charge in [0.25, 0.3) is 5.95 Å². The van der Waals surface area contributed by atoms with Crippen LogP contribution in [0, 0.1) is 12.3 Å². The molecule has 0 aliphatic carbocycles. The van der Waals surface area contributed by atoms with Crippen LogP contribution in [0.2, 0.25) is 0 Å². The third-order valence-electron chi connectivity index (χ3n) is 4.41. The Bertz CT molecular complexity index is 1150. The van der Waals surface area contributed by atoms with Crippen molar-refractivity contribution < 1.29 is 0 Å². The van der Waals surface area contributed by atoms with E-state index in [1.807, 2.05) is 30.3 Å². The van der Waals surface area contributed by atoms with Gasteiger partial charge in [-0.15, -0.1) is 10.2 Å². The maximum atomic E-state index is 4.55. The highest BCUT2D eigenvalue weighted by atomic mass is 15.4. The molecule has 7 nitrogen and oxygen atoms in total. The molecule has 0 aliphatic heterocycles. The third kappa shape index (κ3) is 3.69. The molecule has 4 aromatic rings. The molecule has 3 aromatic heterocycles. The number of para-hydroxylation sites is 1. The standard InChI is InChI=1S/C21H23N7/c1-13-8-7-9-14-17(13)23-19-18(14)26-28-20(24-19)27-25-16(12-21(2,3)4)15-10-5-6-11-22-15/h5-11H,12H2,1-4H3,(H2,23,24,27,28). The second-order valence-electron chi connectivity index (χ2n) is 8.08. The van der Waals surface area contributed by atoms with E-state index >= 15 is 0 Å². The number of anilines is 1. The lowest BCUT2D eigenvalue weighted by Crippen LogP contribution is -2.17. The van der Waals surface area contributed by atoms with Crippen molar-refractivity contribution in [3.63, 3.8) is 0 Å². The highest BCUT2D eigenvalue weighted by Crippen LogP contribution is 2.25. The predicted octanol–water partition coefficient (Wildman–Crippen LogP) is 4.46. The summed E-state index contributed by atoms with van der Waals surface area (Å²) in [6.45, 7) is 8.56. The molecule has 1 aromatic carbocycles. The highest BCUT2D eigenvalue weighted by Gasteiger charge is 2.17. The van der Waals surface area contributed by atoms with Gasteiger partial charge in [0.1, 0.15) is 5.52 Å². The molecule has 0 bridgehead atoms. The first-order valence-corrected chi connectivity index (χ1v) is 9.26. The summed E-state index contributed by atoms with van der Waals surface area (Å²) in [4.78, 5) is 12.3. The number of H-pyrrole nitrogens is 1. The zero-order chi connectivity index (χ0) is 19.7. The summed E-state index contributed by atoms with van der Waals surface area (Å²) in [7, 11) is 0. The van der Waals surface area contributed by atoms with Crippen molar-refractivity contribution in [2.24, 2.45) is 10.5 Å². The number of nitrogens with zero attached hydrogens (tertiary/aromatic N) is 5. The molecule has 2 N–H and O–H groups in total. The number of nitrogens with one attached hydrogen (secondary N) is 2. The number of aromatic amines is 1. The summed E-state index contributed by atoms with van der Waals surface area (Å²) in [6, 6.07) is 11.9. The predicted molar refractivity (Wildman–Crippen MR) is 112 cm³/mol. The topological polar surface area (TPSA) is 91.7 Å². The van der Waals surface area contributed by atoms with Crippen molar-refractivity contribution in [3.05, 3.63) is 53.9 Å². The van der Waals surface area contributed by atoms with Crippen molar-refractivity contribution >= 4 is 33.7 Å². The van der Waals surface area contributed by atoms with Gasteiger partial charge in [-0.05, 0) is 36.5 Å². The van der Waals surface area contributed by atoms with Gasteiger partial charge in [-0.1, -0.05) is 45.0 Å². The van der Waals surface area contributed by atoms with E-state index in [2.05, 4.69) is 69.4 Å². The maximum Gasteiger partial charge on any atom is 0.265 e. The number of benzene rings is 1. The zero-order valence-electron chi connectivity index (χ0n) is 16.5. The zero-order valence-corrected chi connectivity index (χ0v) is 16.5. The second-order valence-corrected chi connectivity index (χ2v) is 8.08. The quantitative estimate of drug-likeness (QED) is 0.407.